The highest BCUT2D eigenvalue weighted by Gasteiger charge is 2.10. The van der Waals surface area contributed by atoms with Gasteiger partial charge in [-0.1, -0.05) is 0 Å². The summed E-state index contributed by atoms with van der Waals surface area (Å²) in [5.41, 5.74) is 1.03. The second-order valence-electron chi connectivity index (χ2n) is 2.52. The van der Waals surface area contributed by atoms with Crippen LogP contribution in [0.5, 0.6) is 0 Å². The molecule has 0 aromatic carbocycles. The van der Waals surface area contributed by atoms with Gasteiger partial charge in [0, 0.05) is 31.2 Å². The molecule has 0 amide bonds. The minimum Gasteiger partial charge on any atom is -0.387 e. The van der Waals surface area contributed by atoms with Crippen LogP contribution in [0.15, 0.2) is 11.8 Å². The number of hydrogen-bond acceptors (Lipinski definition) is 2. The lowest BCUT2D eigenvalue weighted by Crippen LogP contribution is -2.12. The normalized spacial score (nSPS) is 15.9. The predicted molar refractivity (Wildman–Crippen MR) is 43.8 cm³/mol. The largest absolute Gasteiger partial charge is 0.387 e. The van der Waals surface area contributed by atoms with Gasteiger partial charge in [-0.15, -0.1) is 12.3 Å². The summed E-state index contributed by atoms with van der Waals surface area (Å²) >= 11 is 0. The Hall–Kier alpha value is -1.23. The van der Waals surface area contributed by atoms with Crippen molar-refractivity contribution in [3.05, 3.63) is 11.8 Å². The average molecular weight is 149 g/mol. The van der Waals surface area contributed by atoms with Crippen LogP contribution in [0.2, 0.25) is 0 Å². The van der Waals surface area contributed by atoms with Gasteiger partial charge in [0.05, 0.1) is 0 Å². The molecule has 1 aliphatic rings. The Morgan fingerprint density at radius 1 is 1.64 bits per heavy atom. The van der Waals surface area contributed by atoms with Gasteiger partial charge in [-0.25, -0.2) is 0 Å². The van der Waals surface area contributed by atoms with Crippen LogP contribution in [0.1, 0.15) is 19.3 Å². The summed E-state index contributed by atoms with van der Waals surface area (Å²) in [6.45, 7) is 0.773. The van der Waals surface area contributed by atoms with Crippen molar-refractivity contribution in [3.63, 3.8) is 0 Å². The van der Waals surface area contributed by atoms with Crippen molar-refractivity contribution >= 4 is 5.78 Å². The van der Waals surface area contributed by atoms with E-state index in [0.717, 1.165) is 18.7 Å². The maximum atomic E-state index is 10.7. The number of rotatable bonds is 3. The van der Waals surface area contributed by atoms with Crippen molar-refractivity contribution in [2.75, 3.05) is 6.54 Å². The molecule has 0 bridgehead atoms. The summed E-state index contributed by atoms with van der Waals surface area (Å²) in [4.78, 5) is 10.7. The topological polar surface area (TPSA) is 29.1 Å². The van der Waals surface area contributed by atoms with Crippen LogP contribution >= 0.6 is 0 Å². The Bertz CT molecular complexity index is 222. The maximum Gasteiger partial charge on any atom is 0.157 e. The molecule has 0 saturated carbocycles. The van der Waals surface area contributed by atoms with Crippen LogP contribution in [0.3, 0.4) is 0 Å². The van der Waals surface area contributed by atoms with Crippen LogP contribution in [0, 0.1) is 12.3 Å². The molecule has 0 heterocycles. The number of terminal acetylenes is 1. The number of carbonyl (C=O) groups is 1. The maximum absolute atomic E-state index is 10.7. The van der Waals surface area contributed by atoms with Gasteiger partial charge < -0.3 is 5.32 Å². The quantitative estimate of drug-likeness (QED) is 0.476. The average Bonchev–Trinajstić information content (AvgIpc) is 2.37. The molecule has 0 aromatic heterocycles. The third-order valence-electron chi connectivity index (χ3n) is 1.60. The molecule has 0 aromatic rings. The van der Waals surface area contributed by atoms with Crippen LogP contribution in [0.4, 0.5) is 0 Å². The minimum absolute atomic E-state index is 0.216. The first-order chi connectivity index (χ1) is 5.33. The second kappa shape index (κ2) is 3.82. The van der Waals surface area contributed by atoms with Crippen LogP contribution in [-0.2, 0) is 4.79 Å². The van der Waals surface area contributed by atoms with Crippen LogP contribution < -0.4 is 5.32 Å². The fraction of sp³-hybridized carbons (Fsp3) is 0.444. The SMILES string of the molecule is C#CCCNC1=CC(=O)CC1. The molecule has 58 valence electrons. The van der Waals surface area contributed by atoms with E-state index in [1.807, 2.05) is 0 Å². The summed E-state index contributed by atoms with van der Waals surface area (Å²) in [6, 6.07) is 0. The third kappa shape index (κ3) is 2.46. The Morgan fingerprint density at radius 2 is 2.45 bits per heavy atom. The van der Waals surface area contributed by atoms with Crippen molar-refractivity contribution in [2.24, 2.45) is 0 Å². The number of nitrogens with one attached hydrogen (secondary N) is 1. The fourth-order valence-electron chi connectivity index (χ4n) is 1.03. The van der Waals surface area contributed by atoms with Crippen LogP contribution in [0.25, 0.3) is 0 Å². The zero-order chi connectivity index (χ0) is 8.10. The molecule has 1 rings (SSSR count). The first kappa shape index (κ1) is 7.87. The number of hydrogen-bond donors (Lipinski definition) is 1. The number of ketones is 1. The van der Waals surface area contributed by atoms with Crippen molar-refractivity contribution in [1.29, 1.82) is 0 Å². The summed E-state index contributed by atoms with van der Waals surface area (Å²) in [5.74, 6) is 2.74. The Kier molecular flexibility index (Phi) is 2.74. The van der Waals surface area contributed by atoms with Crippen molar-refractivity contribution in [3.8, 4) is 12.3 Å². The number of carbonyl (C=O) groups excluding carboxylic acids is 1. The van der Waals surface area contributed by atoms with Crippen LogP contribution in [-0.4, -0.2) is 12.3 Å². The molecule has 1 aliphatic carbocycles. The van der Waals surface area contributed by atoms with E-state index in [-0.39, 0.29) is 5.78 Å². The smallest absolute Gasteiger partial charge is 0.157 e. The first-order valence-corrected chi connectivity index (χ1v) is 3.73. The molecule has 0 saturated heterocycles. The minimum atomic E-state index is 0.216. The molecule has 0 unspecified atom stereocenters. The molecule has 11 heavy (non-hydrogen) atoms. The zero-order valence-electron chi connectivity index (χ0n) is 6.39. The first-order valence-electron chi connectivity index (χ1n) is 3.73. The van der Waals surface area contributed by atoms with Crippen molar-refractivity contribution in [1.82, 2.24) is 5.32 Å². The van der Waals surface area contributed by atoms with E-state index in [1.165, 1.54) is 0 Å². The van der Waals surface area contributed by atoms with Gasteiger partial charge in [-0.05, 0) is 6.42 Å². The lowest BCUT2D eigenvalue weighted by molar-refractivity contribution is -0.114. The third-order valence-corrected chi connectivity index (χ3v) is 1.60. The lowest BCUT2D eigenvalue weighted by atomic mass is 10.3. The molecular formula is C9H11NO. The van der Waals surface area contributed by atoms with E-state index in [9.17, 15) is 4.79 Å². The molecule has 0 atom stereocenters. The summed E-state index contributed by atoms with van der Waals surface area (Å²) in [5, 5.41) is 3.11. The summed E-state index contributed by atoms with van der Waals surface area (Å²) < 4.78 is 0. The Labute approximate surface area is 66.7 Å². The molecule has 0 radical (unpaired) electrons. The van der Waals surface area contributed by atoms with Gasteiger partial charge in [0.15, 0.2) is 5.78 Å². The zero-order valence-corrected chi connectivity index (χ0v) is 6.39. The van der Waals surface area contributed by atoms with Gasteiger partial charge in [0.1, 0.15) is 0 Å². The lowest BCUT2D eigenvalue weighted by Gasteiger charge is -2.01. The molecule has 0 fully saturated rings. The van der Waals surface area contributed by atoms with Gasteiger partial charge in [0.25, 0.3) is 0 Å². The summed E-state index contributed by atoms with van der Waals surface area (Å²) in [7, 11) is 0. The molecule has 0 aliphatic heterocycles. The van der Waals surface area contributed by atoms with Gasteiger partial charge >= 0.3 is 0 Å². The molecule has 0 spiro atoms. The van der Waals surface area contributed by atoms with Crippen molar-refractivity contribution in [2.45, 2.75) is 19.3 Å². The van der Waals surface area contributed by atoms with Gasteiger partial charge in [0.2, 0.25) is 0 Å². The van der Waals surface area contributed by atoms with E-state index in [1.54, 1.807) is 6.08 Å². The number of allylic oxidation sites excluding steroid dienone is 2. The molecular weight excluding hydrogens is 138 g/mol. The fourth-order valence-corrected chi connectivity index (χ4v) is 1.03. The van der Waals surface area contributed by atoms with E-state index >= 15 is 0 Å². The van der Waals surface area contributed by atoms with E-state index in [4.69, 9.17) is 6.42 Å². The molecule has 1 N–H and O–H groups in total. The highest BCUT2D eigenvalue weighted by atomic mass is 16.1. The monoisotopic (exact) mass is 149 g/mol. The van der Waals surface area contributed by atoms with Gasteiger partial charge in [-0.2, -0.15) is 0 Å². The highest BCUT2D eigenvalue weighted by Crippen LogP contribution is 2.11. The Balaban J connectivity index is 2.23. The van der Waals surface area contributed by atoms with E-state index < -0.39 is 0 Å². The van der Waals surface area contributed by atoms with E-state index in [0.29, 0.717) is 12.8 Å². The molecule has 2 nitrogen and oxygen atoms in total. The van der Waals surface area contributed by atoms with Crippen molar-refractivity contribution < 1.29 is 4.79 Å². The molecule has 2 heteroatoms. The van der Waals surface area contributed by atoms with Gasteiger partial charge in [-0.3, -0.25) is 4.79 Å². The standard InChI is InChI=1S/C9H11NO/c1-2-3-6-10-8-4-5-9(11)7-8/h1,7,10H,3-6H2. The van der Waals surface area contributed by atoms with E-state index in [2.05, 4.69) is 11.2 Å². The summed E-state index contributed by atoms with van der Waals surface area (Å²) in [6.07, 6.45) is 8.94. The predicted octanol–water partition coefficient (Wildman–Crippen LogP) is 0.846. The highest BCUT2D eigenvalue weighted by molar-refractivity contribution is 5.92. The Morgan fingerprint density at radius 3 is 3.00 bits per heavy atom. The second-order valence-corrected chi connectivity index (χ2v) is 2.52.